The minimum absolute atomic E-state index is 0.142. The van der Waals surface area contributed by atoms with E-state index in [1.165, 1.54) is 25.7 Å². The van der Waals surface area contributed by atoms with E-state index in [1.807, 2.05) is 31.4 Å². The number of likely N-dealkylation sites (N-methyl/N-ethyl adjacent to an activating group) is 1. The minimum atomic E-state index is 0.142. The molecule has 0 aromatic carbocycles. The molecule has 1 aromatic rings. The highest BCUT2D eigenvalue weighted by Crippen LogP contribution is 2.17. The van der Waals surface area contributed by atoms with Crippen LogP contribution in [0.3, 0.4) is 0 Å². The number of hydrogen-bond donors (Lipinski definition) is 1. The fourth-order valence-electron chi connectivity index (χ4n) is 2.86. The number of aromatic nitrogens is 2. The Balaban J connectivity index is 1.72. The summed E-state index contributed by atoms with van der Waals surface area (Å²) in [4.78, 5) is 14.1. The van der Waals surface area contributed by atoms with Gasteiger partial charge in [0.05, 0.1) is 12.7 Å². The van der Waals surface area contributed by atoms with Crippen LogP contribution < -0.4 is 5.32 Å². The molecular formula is C15H26N4O. The average molecular weight is 278 g/mol. The summed E-state index contributed by atoms with van der Waals surface area (Å²) in [7, 11) is 3.88. The van der Waals surface area contributed by atoms with Gasteiger partial charge >= 0.3 is 0 Å². The number of rotatable bonds is 5. The fourth-order valence-corrected chi connectivity index (χ4v) is 2.86. The number of carbonyl (C=O) groups excluding carboxylic acids is 1. The van der Waals surface area contributed by atoms with E-state index in [4.69, 9.17) is 0 Å². The van der Waals surface area contributed by atoms with Gasteiger partial charge in [-0.25, -0.2) is 0 Å². The molecule has 112 valence electrons. The van der Waals surface area contributed by atoms with Gasteiger partial charge in [0.15, 0.2) is 0 Å². The lowest BCUT2D eigenvalue weighted by molar-refractivity contribution is -0.122. The first-order valence-corrected chi connectivity index (χ1v) is 7.59. The maximum atomic E-state index is 12.1. The molecule has 0 saturated heterocycles. The molecule has 1 amide bonds. The molecule has 20 heavy (non-hydrogen) atoms. The average Bonchev–Trinajstić information content (AvgIpc) is 2.63. The molecule has 1 saturated carbocycles. The first kappa shape index (κ1) is 15.0. The number of carbonyl (C=O) groups is 1. The lowest BCUT2D eigenvalue weighted by atomic mass is 10.1. The quantitative estimate of drug-likeness (QED) is 0.834. The van der Waals surface area contributed by atoms with Crippen LogP contribution in [0.4, 0.5) is 0 Å². The van der Waals surface area contributed by atoms with Crippen LogP contribution in [0.2, 0.25) is 0 Å². The zero-order valence-corrected chi connectivity index (χ0v) is 12.6. The van der Waals surface area contributed by atoms with Crippen LogP contribution >= 0.6 is 0 Å². The summed E-state index contributed by atoms with van der Waals surface area (Å²) in [5, 5.41) is 7.32. The lowest BCUT2D eigenvalue weighted by Crippen LogP contribution is -2.40. The number of aryl methyl sites for hydroxylation is 1. The molecule has 5 heteroatoms. The van der Waals surface area contributed by atoms with Gasteiger partial charge in [-0.3, -0.25) is 14.4 Å². The smallest absolute Gasteiger partial charge is 0.234 e. The topological polar surface area (TPSA) is 50.2 Å². The van der Waals surface area contributed by atoms with Crippen molar-refractivity contribution >= 4 is 5.91 Å². The van der Waals surface area contributed by atoms with Crippen molar-refractivity contribution < 1.29 is 4.79 Å². The monoisotopic (exact) mass is 278 g/mol. The van der Waals surface area contributed by atoms with E-state index in [0.717, 1.165) is 24.9 Å². The van der Waals surface area contributed by atoms with Gasteiger partial charge in [0.1, 0.15) is 0 Å². The van der Waals surface area contributed by atoms with Gasteiger partial charge in [-0.2, -0.15) is 5.10 Å². The van der Waals surface area contributed by atoms with Crippen molar-refractivity contribution in [1.82, 2.24) is 20.0 Å². The van der Waals surface area contributed by atoms with Crippen LogP contribution in [-0.4, -0.2) is 40.2 Å². The number of nitrogens with zero attached hydrogens (tertiary/aromatic N) is 3. The molecule has 1 aliphatic rings. The van der Waals surface area contributed by atoms with Gasteiger partial charge in [-0.1, -0.05) is 25.7 Å². The van der Waals surface area contributed by atoms with Gasteiger partial charge < -0.3 is 5.32 Å². The summed E-state index contributed by atoms with van der Waals surface area (Å²) in [5.41, 5.74) is 1.14. The Morgan fingerprint density at radius 1 is 1.40 bits per heavy atom. The summed E-state index contributed by atoms with van der Waals surface area (Å²) in [6.07, 6.45) is 11.2. The van der Waals surface area contributed by atoms with Gasteiger partial charge in [0.25, 0.3) is 0 Å². The summed E-state index contributed by atoms with van der Waals surface area (Å²) < 4.78 is 1.79. The summed E-state index contributed by atoms with van der Waals surface area (Å²) in [6.45, 7) is 1.21. The molecule has 0 atom stereocenters. The molecule has 0 spiro atoms. The van der Waals surface area contributed by atoms with Crippen LogP contribution in [0.25, 0.3) is 0 Å². The molecule has 2 rings (SSSR count). The summed E-state index contributed by atoms with van der Waals surface area (Å²) in [5.74, 6) is 0.142. The third kappa shape index (κ3) is 4.96. The van der Waals surface area contributed by atoms with Gasteiger partial charge in [0, 0.05) is 31.4 Å². The molecule has 0 unspecified atom stereocenters. The minimum Gasteiger partial charge on any atom is -0.352 e. The van der Waals surface area contributed by atoms with E-state index in [2.05, 4.69) is 10.4 Å². The molecular weight excluding hydrogens is 252 g/mol. The van der Waals surface area contributed by atoms with Crippen molar-refractivity contribution in [3.8, 4) is 0 Å². The molecule has 1 aromatic heterocycles. The largest absolute Gasteiger partial charge is 0.352 e. The first-order chi connectivity index (χ1) is 9.63. The Morgan fingerprint density at radius 3 is 2.70 bits per heavy atom. The van der Waals surface area contributed by atoms with E-state index in [0.29, 0.717) is 12.6 Å². The molecule has 1 fully saturated rings. The summed E-state index contributed by atoms with van der Waals surface area (Å²) in [6, 6.07) is 0.386. The Kier molecular flexibility index (Phi) is 5.59. The van der Waals surface area contributed by atoms with Crippen molar-refractivity contribution in [3.05, 3.63) is 18.0 Å². The fraction of sp³-hybridized carbons (Fsp3) is 0.733. The Morgan fingerprint density at radius 2 is 2.10 bits per heavy atom. The van der Waals surface area contributed by atoms with E-state index in [1.54, 1.807) is 4.68 Å². The van der Waals surface area contributed by atoms with Crippen LogP contribution in [0.1, 0.15) is 44.1 Å². The molecule has 1 aliphatic carbocycles. The van der Waals surface area contributed by atoms with Gasteiger partial charge in [0.2, 0.25) is 5.91 Å². The van der Waals surface area contributed by atoms with Crippen LogP contribution in [0.5, 0.6) is 0 Å². The molecule has 1 N–H and O–H groups in total. The second-order valence-corrected chi connectivity index (χ2v) is 5.95. The maximum absolute atomic E-state index is 12.1. The second-order valence-electron chi connectivity index (χ2n) is 5.95. The van der Waals surface area contributed by atoms with Gasteiger partial charge in [-0.05, 0) is 19.9 Å². The van der Waals surface area contributed by atoms with Crippen LogP contribution in [-0.2, 0) is 18.4 Å². The number of nitrogens with one attached hydrogen (secondary N) is 1. The predicted octanol–water partition coefficient (Wildman–Crippen LogP) is 1.69. The highest BCUT2D eigenvalue weighted by Gasteiger charge is 2.15. The second kappa shape index (κ2) is 7.43. The van der Waals surface area contributed by atoms with Gasteiger partial charge in [-0.15, -0.1) is 0 Å². The maximum Gasteiger partial charge on any atom is 0.234 e. The zero-order valence-electron chi connectivity index (χ0n) is 12.6. The third-order valence-electron chi connectivity index (χ3n) is 3.84. The Labute approximate surface area is 121 Å². The SMILES string of the molecule is CN(CC(=O)NC1CCCCCC1)Cc1cnn(C)c1. The zero-order chi connectivity index (χ0) is 14.4. The molecule has 5 nitrogen and oxygen atoms in total. The van der Waals surface area contributed by atoms with E-state index < -0.39 is 0 Å². The predicted molar refractivity (Wildman–Crippen MR) is 79.2 cm³/mol. The Bertz CT molecular complexity index is 421. The van der Waals surface area contributed by atoms with Crippen LogP contribution in [0.15, 0.2) is 12.4 Å². The van der Waals surface area contributed by atoms with E-state index in [9.17, 15) is 4.79 Å². The first-order valence-electron chi connectivity index (χ1n) is 7.59. The Hall–Kier alpha value is -1.36. The van der Waals surface area contributed by atoms with Crippen molar-refractivity contribution in [1.29, 1.82) is 0 Å². The highest BCUT2D eigenvalue weighted by atomic mass is 16.2. The molecule has 0 aliphatic heterocycles. The lowest BCUT2D eigenvalue weighted by Gasteiger charge is -2.19. The van der Waals surface area contributed by atoms with Crippen molar-refractivity contribution in [3.63, 3.8) is 0 Å². The highest BCUT2D eigenvalue weighted by molar-refractivity contribution is 5.78. The van der Waals surface area contributed by atoms with E-state index >= 15 is 0 Å². The standard InChI is InChI=1S/C15H26N4O/c1-18(10-13-9-16-19(2)11-13)12-15(20)17-14-7-5-3-4-6-8-14/h9,11,14H,3-8,10,12H2,1-2H3,(H,17,20). The van der Waals surface area contributed by atoms with Crippen LogP contribution in [0, 0.1) is 0 Å². The summed E-state index contributed by atoms with van der Waals surface area (Å²) >= 11 is 0. The van der Waals surface area contributed by atoms with Crippen molar-refractivity contribution in [2.45, 2.75) is 51.1 Å². The normalized spacial score (nSPS) is 17.1. The molecule has 0 radical (unpaired) electrons. The third-order valence-corrected chi connectivity index (χ3v) is 3.84. The van der Waals surface area contributed by atoms with E-state index in [-0.39, 0.29) is 5.91 Å². The molecule has 1 heterocycles. The number of amides is 1. The number of hydrogen-bond acceptors (Lipinski definition) is 3. The molecule has 0 bridgehead atoms. The van der Waals surface area contributed by atoms with Crippen molar-refractivity contribution in [2.75, 3.05) is 13.6 Å². The van der Waals surface area contributed by atoms with Crippen molar-refractivity contribution in [2.24, 2.45) is 7.05 Å².